The quantitative estimate of drug-likeness (QED) is 0.497. The number of aliphatic hydroxyl groups excluding tert-OH is 5. The van der Waals surface area contributed by atoms with Crippen molar-refractivity contribution in [3.63, 3.8) is 0 Å². The van der Waals surface area contributed by atoms with Gasteiger partial charge in [0.15, 0.2) is 0 Å². The van der Waals surface area contributed by atoms with Gasteiger partial charge in [-0.05, 0) is 35.4 Å². The van der Waals surface area contributed by atoms with Gasteiger partial charge in [0.05, 0.1) is 12.7 Å². The zero-order valence-corrected chi connectivity index (χ0v) is 14.7. The number of rotatable bonds is 7. The molecule has 0 saturated carbocycles. The van der Waals surface area contributed by atoms with Crippen molar-refractivity contribution in [1.82, 2.24) is 0 Å². The Labute approximate surface area is 155 Å². The molecule has 2 aromatic rings. The lowest BCUT2D eigenvalue weighted by atomic mass is 9.82. The Hall–Kier alpha value is -1.18. The summed E-state index contributed by atoms with van der Waals surface area (Å²) >= 11 is 11.8. The molecule has 136 valence electrons. The molecule has 0 aliphatic heterocycles. The second-order valence-electron chi connectivity index (χ2n) is 5.80. The molecule has 0 aliphatic carbocycles. The van der Waals surface area contributed by atoms with Crippen LogP contribution in [0.25, 0.3) is 0 Å². The molecule has 4 atom stereocenters. The number of hydrogen-bond donors (Lipinski definition) is 5. The van der Waals surface area contributed by atoms with Gasteiger partial charge in [0.2, 0.25) is 0 Å². The van der Waals surface area contributed by atoms with Crippen molar-refractivity contribution in [1.29, 1.82) is 0 Å². The van der Waals surface area contributed by atoms with Gasteiger partial charge in [-0.25, -0.2) is 0 Å². The normalized spacial score (nSPS) is 16.5. The van der Waals surface area contributed by atoms with E-state index >= 15 is 0 Å². The first-order chi connectivity index (χ1) is 11.8. The van der Waals surface area contributed by atoms with Crippen LogP contribution in [-0.2, 0) is 0 Å². The minimum absolute atomic E-state index is 0.518. The van der Waals surface area contributed by atoms with Gasteiger partial charge >= 0.3 is 0 Å². The maximum atomic E-state index is 10.7. The van der Waals surface area contributed by atoms with E-state index in [1.165, 1.54) is 0 Å². The van der Waals surface area contributed by atoms with E-state index in [0.717, 1.165) is 0 Å². The zero-order valence-electron chi connectivity index (χ0n) is 13.2. The summed E-state index contributed by atoms with van der Waals surface area (Å²) in [6.07, 6.45) is -6.40. The van der Waals surface area contributed by atoms with Crippen molar-refractivity contribution >= 4 is 23.2 Å². The van der Waals surface area contributed by atoms with E-state index in [0.29, 0.717) is 21.2 Å². The highest BCUT2D eigenvalue weighted by molar-refractivity contribution is 6.30. The molecule has 25 heavy (non-hydrogen) atoms. The minimum Gasteiger partial charge on any atom is -0.394 e. The second-order valence-corrected chi connectivity index (χ2v) is 6.68. The summed E-state index contributed by atoms with van der Waals surface area (Å²) < 4.78 is 0. The Bertz CT molecular complexity index is 617. The van der Waals surface area contributed by atoms with Gasteiger partial charge in [0.1, 0.15) is 18.3 Å². The van der Waals surface area contributed by atoms with Gasteiger partial charge in [0.25, 0.3) is 0 Å². The molecule has 5 N–H and O–H groups in total. The molecule has 2 aromatic carbocycles. The third kappa shape index (κ3) is 4.92. The van der Waals surface area contributed by atoms with Gasteiger partial charge in [-0.1, -0.05) is 47.5 Å². The molecule has 0 bridgehead atoms. The number of benzene rings is 2. The molecular formula is C18H20Cl2O5. The molecule has 0 fully saturated rings. The van der Waals surface area contributed by atoms with Crippen LogP contribution in [0, 0.1) is 0 Å². The molecule has 0 spiro atoms. The molecule has 5 nitrogen and oxygen atoms in total. The maximum absolute atomic E-state index is 10.7. The minimum atomic E-state index is -1.71. The average Bonchev–Trinajstić information content (AvgIpc) is 2.63. The summed E-state index contributed by atoms with van der Waals surface area (Å²) in [5, 5.41) is 50.4. The summed E-state index contributed by atoms with van der Waals surface area (Å²) in [6.45, 7) is -0.739. The van der Waals surface area contributed by atoms with Crippen molar-refractivity contribution in [2.75, 3.05) is 6.61 Å². The first-order valence-corrected chi connectivity index (χ1v) is 8.44. The Morgan fingerprint density at radius 1 is 0.640 bits per heavy atom. The lowest BCUT2D eigenvalue weighted by molar-refractivity contribution is -0.117. The third-order valence-corrected chi connectivity index (χ3v) is 4.58. The highest BCUT2D eigenvalue weighted by Gasteiger charge is 2.36. The SMILES string of the molecule is OC[C@@H](O)[C@@H](O)[C@H](O)[C@@H](O)C(c1ccc(Cl)cc1)c1ccc(Cl)cc1. The van der Waals surface area contributed by atoms with E-state index < -0.39 is 36.9 Å². The maximum Gasteiger partial charge on any atom is 0.111 e. The monoisotopic (exact) mass is 386 g/mol. The van der Waals surface area contributed by atoms with E-state index in [1.54, 1.807) is 48.5 Å². The van der Waals surface area contributed by atoms with Crippen LogP contribution in [0.5, 0.6) is 0 Å². The lowest BCUT2D eigenvalue weighted by Gasteiger charge is -2.31. The van der Waals surface area contributed by atoms with Gasteiger partial charge in [-0.2, -0.15) is 0 Å². The van der Waals surface area contributed by atoms with E-state index in [4.69, 9.17) is 28.3 Å². The Morgan fingerprint density at radius 3 is 1.40 bits per heavy atom. The summed E-state index contributed by atoms with van der Waals surface area (Å²) in [4.78, 5) is 0. The van der Waals surface area contributed by atoms with Crippen LogP contribution in [0.1, 0.15) is 17.0 Å². The molecule has 0 aromatic heterocycles. The van der Waals surface area contributed by atoms with Crippen LogP contribution in [0.4, 0.5) is 0 Å². The fourth-order valence-corrected chi connectivity index (χ4v) is 2.91. The summed E-state index contributed by atoms with van der Waals surface area (Å²) in [5.74, 6) is -0.704. The summed E-state index contributed by atoms with van der Waals surface area (Å²) in [5.41, 5.74) is 1.31. The first-order valence-electron chi connectivity index (χ1n) is 7.69. The van der Waals surface area contributed by atoms with Crippen LogP contribution in [0.3, 0.4) is 0 Å². The van der Waals surface area contributed by atoms with Gasteiger partial charge in [0, 0.05) is 16.0 Å². The number of hydrogen-bond acceptors (Lipinski definition) is 5. The summed E-state index contributed by atoms with van der Waals surface area (Å²) in [7, 11) is 0. The molecule has 0 radical (unpaired) electrons. The van der Waals surface area contributed by atoms with Crippen molar-refractivity contribution in [3.8, 4) is 0 Å². The fraction of sp³-hybridized carbons (Fsp3) is 0.333. The lowest BCUT2D eigenvalue weighted by Crippen LogP contribution is -2.48. The van der Waals surface area contributed by atoms with Gasteiger partial charge in [-0.15, -0.1) is 0 Å². The Morgan fingerprint density at radius 2 is 1.04 bits per heavy atom. The van der Waals surface area contributed by atoms with Crippen molar-refractivity contribution in [2.45, 2.75) is 30.3 Å². The molecule has 0 amide bonds. The van der Waals surface area contributed by atoms with E-state index in [1.807, 2.05) is 0 Å². The number of halogens is 2. The fourth-order valence-electron chi connectivity index (χ4n) is 2.66. The molecule has 0 heterocycles. The van der Waals surface area contributed by atoms with Crippen molar-refractivity contribution in [3.05, 3.63) is 69.7 Å². The molecule has 7 heteroatoms. The predicted molar refractivity (Wildman–Crippen MR) is 95.9 cm³/mol. The van der Waals surface area contributed by atoms with Crippen LogP contribution < -0.4 is 0 Å². The third-order valence-electron chi connectivity index (χ3n) is 4.08. The topological polar surface area (TPSA) is 101 Å². The molecule has 0 aliphatic rings. The first kappa shape index (κ1) is 20.1. The average molecular weight is 387 g/mol. The van der Waals surface area contributed by atoms with Crippen LogP contribution >= 0.6 is 23.2 Å². The summed E-state index contributed by atoms with van der Waals surface area (Å²) in [6, 6.07) is 13.4. The second kappa shape index (κ2) is 8.96. The zero-order chi connectivity index (χ0) is 18.6. The molecule has 0 unspecified atom stereocenters. The highest BCUT2D eigenvalue weighted by atomic mass is 35.5. The Kier molecular flexibility index (Phi) is 7.22. The number of aliphatic hydroxyl groups is 5. The van der Waals surface area contributed by atoms with Crippen molar-refractivity contribution in [2.24, 2.45) is 0 Å². The van der Waals surface area contributed by atoms with Crippen molar-refractivity contribution < 1.29 is 25.5 Å². The van der Waals surface area contributed by atoms with Crippen LogP contribution in [0.15, 0.2) is 48.5 Å². The molecular weight excluding hydrogens is 367 g/mol. The molecule has 0 saturated heterocycles. The molecule has 2 rings (SSSR count). The largest absolute Gasteiger partial charge is 0.394 e. The van der Waals surface area contributed by atoms with Gasteiger partial charge in [-0.3, -0.25) is 0 Å². The Balaban J connectivity index is 2.40. The van der Waals surface area contributed by atoms with Gasteiger partial charge < -0.3 is 25.5 Å². The standard InChI is InChI=1S/C18H20Cl2O5/c19-12-5-1-10(2-6-12)15(11-3-7-13(20)8-4-11)17(24)18(25)16(23)14(22)9-21/h1-8,14-18,21-25H,9H2/t14-,16-,17+,18+/m1/s1. The van der Waals surface area contributed by atoms with Crippen LogP contribution in [-0.4, -0.2) is 56.6 Å². The van der Waals surface area contributed by atoms with E-state index in [2.05, 4.69) is 0 Å². The van der Waals surface area contributed by atoms with E-state index in [9.17, 15) is 20.4 Å². The highest BCUT2D eigenvalue weighted by Crippen LogP contribution is 2.32. The van der Waals surface area contributed by atoms with E-state index in [-0.39, 0.29) is 0 Å². The van der Waals surface area contributed by atoms with Crippen LogP contribution in [0.2, 0.25) is 10.0 Å². The predicted octanol–water partition coefficient (Wildman–Crippen LogP) is 1.56. The smallest absolute Gasteiger partial charge is 0.111 e.